The van der Waals surface area contributed by atoms with Crippen LogP contribution in [0.5, 0.6) is 5.75 Å². The van der Waals surface area contributed by atoms with Crippen LogP contribution in [-0.2, 0) is 11.2 Å². The molecule has 1 atom stereocenters. The molecule has 2 aromatic carbocycles. The van der Waals surface area contributed by atoms with Gasteiger partial charge in [-0.05, 0) is 55.5 Å². The number of aliphatic hydroxyl groups excluding tert-OH is 1. The molecule has 5 nitrogen and oxygen atoms in total. The van der Waals surface area contributed by atoms with Crippen LogP contribution in [0.3, 0.4) is 0 Å². The lowest BCUT2D eigenvalue weighted by atomic mass is 9.89. The van der Waals surface area contributed by atoms with E-state index in [1.807, 2.05) is 18.2 Å². The Balaban J connectivity index is 1.28. The minimum absolute atomic E-state index is 0.107. The van der Waals surface area contributed by atoms with Gasteiger partial charge in [-0.25, -0.2) is 0 Å². The number of benzene rings is 2. The van der Waals surface area contributed by atoms with Gasteiger partial charge in [-0.15, -0.1) is 0 Å². The first-order valence-electron chi connectivity index (χ1n) is 10.6. The summed E-state index contributed by atoms with van der Waals surface area (Å²) in [4.78, 5) is 16.1. The first-order chi connectivity index (χ1) is 14.1. The summed E-state index contributed by atoms with van der Waals surface area (Å²) >= 11 is 0. The molecular weight excluding hydrogens is 364 g/mol. The van der Waals surface area contributed by atoms with Gasteiger partial charge in [0.2, 0.25) is 5.91 Å². The standard InChI is InChI=1S/C24H30N2O3/c1-25-23(28)11-10-20-8-5-9-22(24(20)25)29-17-21(27)16-26-14-12-19(13-15-26)18-6-3-2-4-7-18/h2-9,19,21,27H,10-17H2,1H3. The molecular formula is C24H30N2O3. The van der Waals surface area contributed by atoms with Gasteiger partial charge in [0.25, 0.3) is 0 Å². The van der Waals surface area contributed by atoms with Crippen molar-refractivity contribution < 1.29 is 14.6 Å². The van der Waals surface area contributed by atoms with Crippen LogP contribution in [-0.4, -0.2) is 55.3 Å². The Kier molecular flexibility index (Phi) is 6.16. The lowest BCUT2D eigenvalue weighted by Gasteiger charge is -2.33. The number of β-amino-alcohol motifs (C(OH)–C–C–N with tert-alkyl or cyclic N) is 1. The average molecular weight is 395 g/mol. The van der Waals surface area contributed by atoms with E-state index in [0.29, 0.717) is 24.6 Å². The number of carbonyl (C=O) groups excluding carboxylic acids is 1. The second-order valence-electron chi connectivity index (χ2n) is 8.17. The third-order valence-corrected chi connectivity index (χ3v) is 6.16. The molecule has 29 heavy (non-hydrogen) atoms. The number of hydrogen-bond acceptors (Lipinski definition) is 4. The Morgan fingerprint density at radius 3 is 2.59 bits per heavy atom. The molecule has 5 heteroatoms. The van der Waals surface area contributed by atoms with Crippen LogP contribution in [0, 0.1) is 0 Å². The average Bonchev–Trinajstić information content (AvgIpc) is 2.76. The van der Waals surface area contributed by atoms with Gasteiger partial charge >= 0.3 is 0 Å². The molecule has 0 saturated carbocycles. The number of carbonyl (C=O) groups is 1. The number of ether oxygens (including phenoxy) is 1. The Labute approximate surface area is 172 Å². The minimum Gasteiger partial charge on any atom is -0.489 e. The molecule has 0 aliphatic carbocycles. The number of aliphatic hydroxyl groups is 1. The smallest absolute Gasteiger partial charge is 0.227 e. The van der Waals surface area contributed by atoms with Crippen LogP contribution in [0.15, 0.2) is 48.5 Å². The van der Waals surface area contributed by atoms with Gasteiger partial charge in [0, 0.05) is 20.0 Å². The van der Waals surface area contributed by atoms with Gasteiger partial charge in [-0.3, -0.25) is 4.79 Å². The van der Waals surface area contributed by atoms with Crippen molar-refractivity contribution in [2.45, 2.75) is 37.7 Å². The molecule has 0 spiro atoms. The largest absolute Gasteiger partial charge is 0.489 e. The molecule has 4 rings (SSSR count). The lowest BCUT2D eigenvalue weighted by Crippen LogP contribution is -2.40. The highest BCUT2D eigenvalue weighted by Gasteiger charge is 2.25. The van der Waals surface area contributed by atoms with E-state index in [2.05, 4.69) is 35.2 Å². The summed E-state index contributed by atoms with van der Waals surface area (Å²) in [6.45, 7) is 2.84. The number of para-hydroxylation sites is 1. The summed E-state index contributed by atoms with van der Waals surface area (Å²) in [5.41, 5.74) is 3.39. The normalized spacial score (nSPS) is 19.1. The molecule has 1 N–H and O–H groups in total. The molecule has 0 bridgehead atoms. The first-order valence-corrected chi connectivity index (χ1v) is 10.6. The number of aryl methyl sites for hydroxylation is 1. The molecule has 2 heterocycles. The third-order valence-electron chi connectivity index (χ3n) is 6.16. The third kappa shape index (κ3) is 4.62. The van der Waals surface area contributed by atoms with E-state index in [-0.39, 0.29) is 12.5 Å². The van der Waals surface area contributed by atoms with Crippen molar-refractivity contribution in [3.63, 3.8) is 0 Å². The fourth-order valence-electron chi connectivity index (χ4n) is 4.51. The van der Waals surface area contributed by atoms with Crippen molar-refractivity contribution >= 4 is 11.6 Å². The molecule has 1 amide bonds. The summed E-state index contributed by atoms with van der Waals surface area (Å²) in [6, 6.07) is 16.6. The van der Waals surface area contributed by atoms with Crippen molar-refractivity contribution in [1.29, 1.82) is 0 Å². The highest BCUT2D eigenvalue weighted by atomic mass is 16.5. The number of amides is 1. The molecule has 1 unspecified atom stereocenters. The van der Waals surface area contributed by atoms with Crippen molar-refractivity contribution in [3.8, 4) is 5.75 Å². The molecule has 1 fully saturated rings. The van der Waals surface area contributed by atoms with Crippen LogP contribution < -0.4 is 9.64 Å². The molecule has 2 aliphatic heterocycles. The number of piperidine rings is 1. The fraction of sp³-hybridized carbons (Fsp3) is 0.458. The van der Waals surface area contributed by atoms with E-state index in [4.69, 9.17) is 4.74 Å². The Hall–Kier alpha value is -2.37. The van der Waals surface area contributed by atoms with Gasteiger partial charge in [-0.1, -0.05) is 42.5 Å². The van der Waals surface area contributed by atoms with Gasteiger partial charge < -0.3 is 19.6 Å². The highest BCUT2D eigenvalue weighted by Crippen LogP contribution is 2.36. The number of fused-ring (bicyclic) bond motifs is 1. The van der Waals surface area contributed by atoms with Crippen LogP contribution in [0.2, 0.25) is 0 Å². The van der Waals surface area contributed by atoms with Gasteiger partial charge in [-0.2, -0.15) is 0 Å². The van der Waals surface area contributed by atoms with Crippen LogP contribution in [0.1, 0.15) is 36.3 Å². The highest BCUT2D eigenvalue weighted by molar-refractivity contribution is 5.97. The number of hydrogen-bond donors (Lipinski definition) is 1. The summed E-state index contributed by atoms with van der Waals surface area (Å²) < 4.78 is 5.95. The van der Waals surface area contributed by atoms with Gasteiger partial charge in [0.1, 0.15) is 18.5 Å². The van der Waals surface area contributed by atoms with Crippen LogP contribution in [0.4, 0.5) is 5.69 Å². The van der Waals surface area contributed by atoms with E-state index < -0.39 is 6.10 Å². The van der Waals surface area contributed by atoms with Gasteiger partial charge in [0.05, 0.1) is 5.69 Å². The summed E-state index contributed by atoms with van der Waals surface area (Å²) in [7, 11) is 1.79. The van der Waals surface area contributed by atoms with E-state index in [0.717, 1.165) is 43.6 Å². The molecule has 2 aliphatic rings. The molecule has 1 saturated heterocycles. The zero-order valence-electron chi connectivity index (χ0n) is 17.1. The Morgan fingerprint density at radius 2 is 1.83 bits per heavy atom. The summed E-state index contributed by atoms with van der Waals surface area (Å²) in [5.74, 6) is 1.40. The fourth-order valence-corrected chi connectivity index (χ4v) is 4.51. The molecule has 154 valence electrons. The number of nitrogens with zero attached hydrogens (tertiary/aromatic N) is 2. The maximum absolute atomic E-state index is 12.1. The molecule has 2 aromatic rings. The zero-order valence-corrected chi connectivity index (χ0v) is 17.1. The number of anilines is 1. The van der Waals surface area contributed by atoms with E-state index in [1.54, 1.807) is 11.9 Å². The summed E-state index contributed by atoms with van der Waals surface area (Å²) in [5, 5.41) is 10.5. The van der Waals surface area contributed by atoms with Crippen LogP contribution >= 0.6 is 0 Å². The van der Waals surface area contributed by atoms with E-state index in [1.165, 1.54) is 5.56 Å². The maximum Gasteiger partial charge on any atom is 0.227 e. The van der Waals surface area contributed by atoms with Crippen molar-refractivity contribution in [1.82, 2.24) is 4.90 Å². The predicted octanol–water partition coefficient (Wildman–Crippen LogP) is 3.21. The first kappa shape index (κ1) is 19.9. The van der Waals surface area contributed by atoms with Crippen molar-refractivity contribution in [2.75, 3.05) is 38.2 Å². The SMILES string of the molecule is CN1C(=O)CCc2cccc(OCC(O)CN3CCC(c4ccccc4)CC3)c21. The lowest BCUT2D eigenvalue weighted by molar-refractivity contribution is -0.118. The van der Waals surface area contributed by atoms with E-state index >= 15 is 0 Å². The quantitative estimate of drug-likeness (QED) is 0.817. The van der Waals surface area contributed by atoms with Crippen LogP contribution in [0.25, 0.3) is 0 Å². The maximum atomic E-state index is 12.1. The topological polar surface area (TPSA) is 53.0 Å². The second-order valence-corrected chi connectivity index (χ2v) is 8.17. The monoisotopic (exact) mass is 394 g/mol. The number of likely N-dealkylation sites (tertiary alicyclic amines) is 1. The predicted molar refractivity (Wildman–Crippen MR) is 115 cm³/mol. The minimum atomic E-state index is -0.552. The zero-order chi connectivity index (χ0) is 20.2. The molecule has 0 aromatic heterocycles. The number of rotatable bonds is 6. The summed E-state index contributed by atoms with van der Waals surface area (Å²) in [6.07, 6.45) is 2.97. The second kappa shape index (κ2) is 8.97. The van der Waals surface area contributed by atoms with Crippen molar-refractivity contribution in [3.05, 3.63) is 59.7 Å². The molecule has 0 radical (unpaired) electrons. The Bertz CT molecular complexity index is 831. The van der Waals surface area contributed by atoms with E-state index in [9.17, 15) is 9.90 Å². The Morgan fingerprint density at radius 1 is 1.07 bits per heavy atom. The van der Waals surface area contributed by atoms with Gasteiger partial charge in [0.15, 0.2) is 0 Å². The van der Waals surface area contributed by atoms with Crippen molar-refractivity contribution in [2.24, 2.45) is 0 Å².